The average molecular weight is 475 g/mol. The number of benzene rings is 2. The molecule has 1 fully saturated rings. The van der Waals surface area contributed by atoms with E-state index in [1.165, 1.54) is 27.0 Å². The van der Waals surface area contributed by atoms with Gasteiger partial charge in [-0.25, -0.2) is 0 Å². The van der Waals surface area contributed by atoms with Gasteiger partial charge in [-0.3, -0.25) is 0 Å². The Hall–Kier alpha value is -0.786. The fourth-order valence-corrected chi connectivity index (χ4v) is 16.6. The van der Waals surface area contributed by atoms with Crippen molar-refractivity contribution >= 4 is 12.2 Å². The summed E-state index contributed by atoms with van der Waals surface area (Å²) in [5.74, 6) is 1.28. The first-order chi connectivity index (χ1) is 13.5. The Balaban J connectivity index is 0.00000128. The summed E-state index contributed by atoms with van der Waals surface area (Å²) in [5, 5.41) is 0. The van der Waals surface area contributed by atoms with Gasteiger partial charge in [0.05, 0.1) is 0 Å². The summed E-state index contributed by atoms with van der Waals surface area (Å²) in [5.41, 5.74) is 9.84. The van der Waals surface area contributed by atoms with Crippen molar-refractivity contribution in [2.24, 2.45) is 11.8 Å². The number of halogens is 2. The molecular weight excluding hydrogens is 443 g/mol. The third-order valence-electron chi connectivity index (χ3n) is 7.69. The Kier molecular flexibility index (Phi) is 7.15. The molecule has 2 atom stereocenters. The van der Waals surface area contributed by atoms with Crippen molar-refractivity contribution in [1.82, 2.24) is 0 Å². The number of fused-ring (bicyclic) bond motifs is 2. The molecule has 30 heavy (non-hydrogen) atoms. The number of hydrogen-bond donors (Lipinski definition) is 0. The van der Waals surface area contributed by atoms with Gasteiger partial charge in [0.15, 0.2) is 0 Å². The van der Waals surface area contributed by atoms with E-state index in [1.807, 2.05) is 0 Å². The summed E-state index contributed by atoms with van der Waals surface area (Å²) >= 11 is -2.23. The number of allylic oxidation sites excluding steroid dienone is 2. The second-order valence-electron chi connectivity index (χ2n) is 9.81. The van der Waals surface area contributed by atoms with Gasteiger partial charge >= 0.3 is 175 Å². The molecule has 1 aliphatic heterocycles. The molecule has 0 aromatic heterocycles. The van der Waals surface area contributed by atoms with E-state index in [9.17, 15) is 0 Å². The summed E-state index contributed by atoms with van der Waals surface area (Å²) in [4.78, 5) is 0. The van der Waals surface area contributed by atoms with Crippen molar-refractivity contribution < 1.29 is 41.4 Å². The minimum Gasteiger partial charge on any atom is -1.00 e. The maximum Gasteiger partial charge on any atom is -1.00 e. The van der Waals surface area contributed by atoms with Crippen molar-refractivity contribution in [1.29, 1.82) is 0 Å². The van der Waals surface area contributed by atoms with Crippen molar-refractivity contribution in [3.63, 3.8) is 0 Å². The van der Waals surface area contributed by atoms with Crippen LogP contribution in [0.3, 0.4) is 0 Å². The van der Waals surface area contributed by atoms with E-state index in [0.717, 1.165) is 8.45 Å². The summed E-state index contributed by atoms with van der Waals surface area (Å²) in [7, 11) is 0. The first kappa shape index (κ1) is 23.9. The van der Waals surface area contributed by atoms with E-state index >= 15 is 0 Å². The van der Waals surface area contributed by atoms with E-state index in [4.69, 9.17) is 0 Å². The standard InChI is InChI=1S/2C12H13.C3H6.2ClH.Ti/c2*1-9(2)12-7-10-5-3-4-6-11(10)8-12;1-3-2;;;/h2*3-9H,1-2H3;1-3H2;2*1H;/q;;;;;+2/p-2. The van der Waals surface area contributed by atoms with Crippen LogP contribution in [-0.4, -0.2) is 0 Å². The van der Waals surface area contributed by atoms with Gasteiger partial charge in [0.25, 0.3) is 0 Å². The summed E-state index contributed by atoms with van der Waals surface area (Å²) in [6.45, 7) is 9.67. The normalized spacial score (nSPS) is 21.9. The molecule has 2 aromatic carbocycles. The first-order valence-electron chi connectivity index (χ1n) is 11.1. The van der Waals surface area contributed by atoms with Gasteiger partial charge < -0.3 is 24.8 Å². The van der Waals surface area contributed by atoms with Crippen molar-refractivity contribution in [3.8, 4) is 0 Å². The molecule has 0 N–H and O–H groups in total. The Labute approximate surface area is 198 Å². The topological polar surface area (TPSA) is 0 Å². The van der Waals surface area contributed by atoms with Gasteiger partial charge in [-0.2, -0.15) is 0 Å². The zero-order chi connectivity index (χ0) is 19.5. The molecule has 2 aromatic rings. The predicted octanol–water partition coefficient (Wildman–Crippen LogP) is 1.98. The molecule has 3 heteroatoms. The summed E-state index contributed by atoms with van der Waals surface area (Å²) in [6.07, 6.45) is 6.58. The van der Waals surface area contributed by atoms with Crippen LogP contribution >= 0.6 is 0 Å². The van der Waals surface area contributed by atoms with Crippen LogP contribution in [0.1, 0.15) is 64.8 Å². The van der Waals surface area contributed by atoms with Crippen LogP contribution in [0.15, 0.2) is 59.7 Å². The smallest absolute Gasteiger partial charge is 1.00 e. The van der Waals surface area contributed by atoms with Crippen LogP contribution in [0.4, 0.5) is 0 Å². The molecule has 5 rings (SSSR count). The van der Waals surface area contributed by atoms with Crippen LogP contribution in [0.2, 0.25) is 9.45 Å². The molecule has 0 bridgehead atoms. The van der Waals surface area contributed by atoms with Gasteiger partial charge in [0.1, 0.15) is 0 Å². The number of rotatable bonds is 4. The zero-order valence-corrected chi connectivity index (χ0v) is 21.5. The predicted molar refractivity (Wildman–Crippen MR) is 118 cm³/mol. The summed E-state index contributed by atoms with van der Waals surface area (Å²) < 4.78 is 4.57. The third kappa shape index (κ3) is 3.49. The van der Waals surface area contributed by atoms with E-state index in [2.05, 4.69) is 88.4 Å². The Morgan fingerprint density at radius 3 is 1.40 bits per heavy atom. The quantitative estimate of drug-likeness (QED) is 0.594. The third-order valence-corrected chi connectivity index (χ3v) is 17.3. The van der Waals surface area contributed by atoms with Crippen LogP contribution in [0, 0.1) is 11.8 Å². The second-order valence-corrected chi connectivity index (χ2v) is 17.0. The van der Waals surface area contributed by atoms with Crippen LogP contribution in [0.25, 0.3) is 12.2 Å². The van der Waals surface area contributed by atoms with E-state index in [-0.39, 0.29) is 24.8 Å². The molecular formula is C27H32Cl2Ti. The summed E-state index contributed by atoms with van der Waals surface area (Å²) in [6, 6.07) is 18.6. The van der Waals surface area contributed by atoms with E-state index < -0.39 is 16.6 Å². The molecule has 0 saturated carbocycles. The van der Waals surface area contributed by atoms with E-state index in [1.54, 1.807) is 22.3 Å². The number of hydrogen-bond acceptors (Lipinski definition) is 0. The van der Waals surface area contributed by atoms with Crippen molar-refractivity contribution in [2.75, 3.05) is 0 Å². The van der Waals surface area contributed by atoms with Gasteiger partial charge in [0, 0.05) is 0 Å². The minimum absolute atomic E-state index is 0. The van der Waals surface area contributed by atoms with Gasteiger partial charge in [-0.15, -0.1) is 0 Å². The van der Waals surface area contributed by atoms with Crippen LogP contribution in [0.5, 0.6) is 0 Å². The molecule has 1 saturated heterocycles. The van der Waals surface area contributed by atoms with Gasteiger partial charge in [-0.1, -0.05) is 0 Å². The molecule has 0 amide bonds. The molecule has 1 heterocycles. The Morgan fingerprint density at radius 2 is 1.07 bits per heavy atom. The Morgan fingerprint density at radius 1 is 0.667 bits per heavy atom. The zero-order valence-electron chi connectivity index (χ0n) is 18.5. The molecule has 2 unspecified atom stereocenters. The molecule has 158 valence electrons. The molecule has 3 aliphatic rings. The second kappa shape index (κ2) is 8.99. The maximum atomic E-state index is 2.57. The first-order valence-corrected chi connectivity index (χ1v) is 15.1. The maximum absolute atomic E-state index is 2.57. The van der Waals surface area contributed by atoms with Crippen molar-refractivity contribution in [3.05, 3.63) is 81.9 Å². The monoisotopic (exact) mass is 474 g/mol. The Bertz CT molecular complexity index is 906. The van der Waals surface area contributed by atoms with Gasteiger partial charge in [0.2, 0.25) is 0 Å². The molecule has 0 spiro atoms. The largest absolute Gasteiger partial charge is 1.00 e. The van der Waals surface area contributed by atoms with E-state index in [0.29, 0.717) is 11.8 Å². The minimum atomic E-state index is -2.23. The molecule has 0 radical (unpaired) electrons. The fourth-order valence-electron chi connectivity index (χ4n) is 6.31. The van der Waals surface area contributed by atoms with Crippen LogP contribution < -0.4 is 24.8 Å². The fraction of sp³-hybridized carbons (Fsp3) is 0.407. The van der Waals surface area contributed by atoms with Crippen molar-refractivity contribution in [2.45, 2.75) is 52.0 Å². The average Bonchev–Trinajstić information content (AvgIpc) is 3.22. The van der Waals surface area contributed by atoms with Gasteiger partial charge in [-0.05, 0) is 0 Å². The molecule has 2 aliphatic carbocycles. The molecule has 0 nitrogen and oxygen atoms in total. The van der Waals surface area contributed by atoms with Crippen LogP contribution in [-0.2, 0) is 16.6 Å². The SMILES string of the molecule is CC(C)C1=Cc2ccccc2[CH]1[Ti+2]1([CH]2C(C(C)C)=Cc3ccccc32)[CH2]C[CH2]1.[Cl-].[Cl-].